The van der Waals surface area contributed by atoms with Crippen molar-refractivity contribution in [1.29, 1.82) is 0 Å². The number of benzene rings is 2. The van der Waals surface area contributed by atoms with E-state index in [1.807, 2.05) is 30.5 Å². The minimum absolute atomic E-state index is 0.250. The second-order valence-electron chi connectivity index (χ2n) is 6.34. The summed E-state index contributed by atoms with van der Waals surface area (Å²) in [7, 11) is -2.00. The van der Waals surface area contributed by atoms with Gasteiger partial charge in [-0.05, 0) is 54.1 Å². The van der Waals surface area contributed by atoms with Crippen molar-refractivity contribution in [2.75, 3.05) is 7.11 Å². The largest absolute Gasteiger partial charge is 0.497 e. The lowest BCUT2D eigenvalue weighted by atomic mass is 10.1. The van der Waals surface area contributed by atoms with E-state index in [4.69, 9.17) is 9.15 Å². The number of fused-ring (bicyclic) bond motifs is 1. The monoisotopic (exact) mass is 381 g/mol. The fourth-order valence-corrected chi connectivity index (χ4v) is 4.32. The summed E-state index contributed by atoms with van der Waals surface area (Å²) in [5, 5.41) is 0. The number of ether oxygens (including phenoxy) is 1. The molecule has 0 fully saturated rings. The molecule has 0 saturated heterocycles. The van der Waals surface area contributed by atoms with Crippen LogP contribution in [0.3, 0.4) is 0 Å². The van der Waals surface area contributed by atoms with Crippen molar-refractivity contribution in [3.05, 3.63) is 83.9 Å². The Morgan fingerprint density at radius 2 is 1.67 bits per heavy atom. The summed E-state index contributed by atoms with van der Waals surface area (Å²) in [5.74, 6) is 1.56. The molecule has 0 spiro atoms. The van der Waals surface area contributed by atoms with E-state index in [1.54, 1.807) is 49.8 Å². The van der Waals surface area contributed by atoms with Gasteiger partial charge in [0.1, 0.15) is 11.5 Å². The third-order valence-electron chi connectivity index (χ3n) is 4.58. The summed E-state index contributed by atoms with van der Waals surface area (Å²) in [6, 6.07) is 15.4. The van der Waals surface area contributed by atoms with Crippen LogP contribution < -0.4 is 4.74 Å². The first kappa shape index (κ1) is 17.4. The van der Waals surface area contributed by atoms with Gasteiger partial charge < -0.3 is 14.1 Å². The van der Waals surface area contributed by atoms with Crippen LogP contribution in [0.25, 0.3) is 6.08 Å². The van der Waals surface area contributed by atoms with E-state index < -0.39 is 9.84 Å². The van der Waals surface area contributed by atoms with Crippen molar-refractivity contribution < 1.29 is 17.6 Å². The van der Waals surface area contributed by atoms with E-state index in [9.17, 15) is 8.42 Å². The van der Waals surface area contributed by atoms with Gasteiger partial charge in [-0.25, -0.2) is 8.42 Å². The predicted molar refractivity (Wildman–Crippen MR) is 102 cm³/mol. The second-order valence-corrected chi connectivity index (χ2v) is 8.29. The number of furan rings is 1. The number of sulfone groups is 1. The Bertz CT molecular complexity index is 1060. The summed E-state index contributed by atoms with van der Waals surface area (Å²) in [6.07, 6.45) is 5.74. The Hall–Kier alpha value is -2.99. The highest BCUT2D eigenvalue weighted by molar-refractivity contribution is 7.91. The topological polar surface area (TPSA) is 59.8 Å². The number of rotatable bonds is 5. The molecule has 2 aromatic carbocycles. The third kappa shape index (κ3) is 3.48. The van der Waals surface area contributed by atoms with Crippen LogP contribution in [0.4, 0.5) is 0 Å². The van der Waals surface area contributed by atoms with Crippen LogP contribution in [0.2, 0.25) is 0 Å². The molecule has 0 atom stereocenters. The van der Waals surface area contributed by atoms with Crippen molar-refractivity contribution in [3.8, 4) is 5.75 Å². The molecule has 0 amide bonds. The molecule has 5 nitrogen and oxygen atoms in total. The van der Waals surface area contributed by atoms with Crippen molar-refractivity contribution in [3.63, 3.8) is 0 Å². The SMILES string of the molecule is COc1ccc(S(=O)(=O)c2ccc(CN3C=Cc4ccoc4C3)cc2)cc1. The van der Waals surface area contributed by atoms with Crippen LogP contribution in [0, 0.1) is 0 Å². The minimum Gasteiger partial charge on any atom is -0.497 e. The molecule has 3 aromatic rings. The molecule has 138 valence electrons. The number of methoxy groups -OCH3 is 1. The van der Waals surface area contributed by atoms with Crippen molar-refractivity contribution in [2.45, 2.75) is 22.9 Å². The smallest absolute Gasteiger partial charge is 0.206 e. The van der Waals surface area contributed by atoms with E-state index in [-0.39, 0.29) is 9.79 Å². The van der Waals surface area contributed by atoms with Gasteiger partial charge >= 0.3 is 0 Å². The molecular weight excluding hydrogens is 362 g/mol. The van der Waals surface area contributed by atoms with Gasteiger partial charge in [-0.15, -0.1) is 0 Å². The predicted octanol–water partition coefficient (Wildman–Crippen LogP) is 4.11. The van der Waals surface area contributed by atoms with E-state index in [2.05, 4.69) is 4.90 Å². The lowest BCUT2D eigenvalue weighted by molar-refractivity contribution is 0.319. The highest BCUT2D eigenvalue weighted by Crippen LogP contribution is 2.25. The average Bonchev–Trinajstić information content (AvgIpc) is 3.16. The molecule has 1 aliphatic heterocycles. The van der Waals surface area contributed by atoms with E-state index in [1.165, 1.54) is 0 Å². The maximum absolute atomic E-state index is 12.8. The van der Waals surface area contributed by atoms with Gasteiger partial charge in [-0.1, -0.05) is 12.1 Å². The van der Waals surface area contributed by atoms with Crippen molar-refractivity contribution in [1.82, 2.24) is 4.90 Å². The molecular formula is C21H19NO4S. The van der Waals surface area contributed by atoms with Gasteiger partial charge in [0.05, 0.1) is 29.7 Å². The van der Waals surface area contributed by atoms with Gasteiger partial charge in [-0.2, -0.15) is 0 Å². The first-order valence-corrected chi connectivity index (χ1v) is 10.0. The molecule has 1 aliphatic rings. The lowest BCUT2D eigenvalue weighted by Gasteiger charge is -2.22. The molecule has 4 rings (SSSR count). The Morgan fingerprint density at radius 1 is 1.00 bits per heavy atom. The number of hydrogen-bond acceptors (Lipinski definition) is 5. The Kier molecular flexibility index (Phi) is 4.49. The zero-order chi connectivity index (χ0) is 18.9. The lowest BCUT2D eigenvalue weighted by Crippen LogP contribution is -2.18. The maximum atomic E-state index is 12.8. The van der Waals surface area contributed by atoms with Gasteiger partial charge in [-0.3, -0.25) is 0 Å². The molecule has 0 saturated carbocycles. The van der Waals surface area contributed by atoms with Gasteiger partial charge in [0.25, 0.3) is 0 Å². The molecule has 2 heterocycles. The fraction of sp³-hybridized carbons (Fsp3) is 0.143. The van der Waals surface area contributed by atoms with Gasteiger partial charge in [0.15, 0.2) is 0 Å². The molecule has 0 aliphatic carbocycles. The first-order chi connectivity index (χ1) is 13.1. The van der Waals surface area contributed by atoms with Crippen LogP contribution in [0.15, 0.2) is 81.3 Å². The molecule has 0 unspecified atom stereocenters. The average molecular weight is 381 g/mol. The summed E-state index contributed by atoms with van der Waals surface area (Å²) >= 11 is 0. The van der Waals surface area contributed by atoms with Crippen LogP contribution in [0.1, 0.15) is 16.9 Å². The molecule has 27 heavy (non-hydrogen) atoms. The van der Waals surface area contributed by atoms with Crippen LogP contribution in [-0.2, 0) is 22.9 Å². The Balaban J connectivity index is 1.50. The van der Waals surface area contributed by atoms with Crippen molar-refractivity contribution in [2.24, 2.45) is 0 Å². The van der Waals surface area contributed by atoms with Crippen LogP contribution >= 0.6 is 0 Å². The van der Waals surface area contributed by atoms with Crippen LogP contribution in [-0.4, -0.2) is 20.4 Å². The molecule has 6 heteroatoms. The summed E-state index contributed by atoms with van der Waals surface area (Å²) < 4.78 is 36.1. The van der Waals surface area contributed by atoms with Gasteiger partial charge in [0.2, 0.25) is 9.84 Å². The standard InChI is InChI=1S/C21H19NO4S/c1-25-18-4-8-20(9-5-18)27(23,24)19-6-2-16(3-7-19)14-22-12-10-17-11-13-26-21(17)15-22/h2-13H,14-15H2,1H3. The van der Waals surface area contributed by atoms with Gasteiger partial charge in [0, 0.05) is 18.3 Å². The minimum atomic E-state index is -3.54. The Morgan fingerprint density at radius 3 is 2.33 bits per heavy atom. The first-order valence-electron chi connectivity index (χ1n) is 8.53. The number of nitrogens with zero attached hydrogens (tertiary/aromatic N) is 1. The van der Waals surface area contributed by atoms with E-state index in [0.29, 0.717) is 18.8 Å². The van der Waals surface area contributed by atoms with E-state index in [0.717, 1.165) is 16.9 Å². The zero-order valence-corrected chi connectivity index (χ0v) is 15.6. The van der Waals surface area contributed by atoms with E-state index >= 15 is 0 Å². The number of hydrogen-bond donors (Lipinski definition) is 0. The highest BCUT2D eigenvalue weighted by atomic mass is 32.2. The summed E-state index contributed by atoms with van der Waals surface area (Å²) in [6.45, 7) is 1.38. The molecule has 0 N–H and O–H groups in total. The second kappa shape index (κ2) is 6.96. The summed E-state index contributed by atoms with van der Waals surface area (Å²) in [4.78, 5) is 2.65. The quantitative estimate of drug-likeness (QED) is 0.666. The third-order valence-corrected chi connectivity index (χ3v) is 6.37. The molecule has 0 radical (unpaired) electrons. The zero-order valence-electron chi connectivity index (χ0n) is 14.8. The summed E-state index contributed by atoms with van der Waals surface area (Å²) in [5.41, 5.74) is 2.13. The normalized spacial score (nSPS) is 13.4. The highest BCUT2D eigenvalue weighted by Gasteiger charge is 2.18. The van der Waals surface area contributed by atoms with Crippen LogP contribution in [0.5, 0.6) is 5.75 Å². The van der Waals surface area contributed by atoms with Crippen molar-refractivity contribution >= 4 is 15.9 Å². The fourth-order valence-electron chi connectivity index (χ4n) is 3.06. The molecule has 0 bridgehead atoms. The maximum Gasteiger partial charge on any atom is 0.206 e. The molecule has 1 aromatic heterocycles. The Labute approximate surface area is 158 Å².